The zero-order valence-corrected chi connectivity index (χ0v) is 19.2. The van der Waals surface area contributed by atoms with Crippen molar-refractivity contribution in [2.45, 2.75) is 57.8 Å². The van der Waals surface area contributed by atoms with Gasteiger partial charge in [-0.2, -0.15) is 0 Å². The van der Waals surface area contributed by atoms with E-state index in [4.69, 9.17) is 4.74 Å². The van der Waals surface area contributed by atoms with Crippen molar-refractivity contribution in [2.24, 2.45) is 17.3 Å². The molecule has 0 aliphatic heterocycles. The number of Topliss-reactive ketones (excluding diaryl/α,β-unsaturated/α-hetero) is 1. The summed E-state index contributed by atoms with van der Waals surface area (Å²) in [6, 6.07) is 8.50. The molecule has 4 atom stereocenters. The van der Waals surface area contributed by atoms with Gasteiger partial charge in [0, 0.05) is 29.5 Å². The molecule has 4 aliphatic carbocycles. The summed E-state index contributed by atoms with van der Waals surface area (Å²) in [5.41, 5.74) is 5.33. The predicted octanol–water partition coefficient (Wildman–Crippen LogP) is 5.93. The van der Waals surface area contributed by atoms with Gasteiger partial charge >= 0.3 is 0 Å². The van der Waals surface area contributed by atoms with Crippen molar-refractivity contribution in [3.05, 3.63) is 52.6 Å². The molecule has 158 valence electrons. The van der Waals surface area contributed by atoms with Crippen molar-refractivity contribution in [1.29, 1.82) is 0 Å². The highest BCUT2D eigenvalue weighted by atomic mass is 79.9. The first-order valence-electron chi connectivity index (χ1n) is 11.3. The van der Waals surface area contributed by atoms with E-state index >= 15 is 0 Å². The minimum absolute atomic E-state index is 0.212. The normalized spacial score (nSPS) is 33.0. The molecule has 0 N–H and O–H groups in total. The van der Waals surface area contributed by atoms with E-state index in [0.717, 1.165) is 49.6 Å². The molecule has 0 amide bonds. The van der Waals surface area contributed by atoms with E-state index in [2.05, 4.69) is 47.1 Å². The maximum Gasteiger partial charge on any atom is 0.156 e. The molecular formula is C26H29BrO3. The minimum atomic E-state index is -0.212. The fourth-order valence-electron chi connectivity index (χ4n) is 6.68. The van der Waals surface area contributed by atoms with Crippen LogP contribution in [0.2, 0.25) is 0 Å². The Morgan fingerprint density at radius 2 is 1.87 bits per heavy atom. The van der Waals surface area contributed by atoms with Crippen molar-refractivity contribution < 1.29 is 14.3 Å². The van der Waals surface area contributed by atoms with Crippen LogP contribution in [0.15, 0.2) is 47.1 Å². The van der Waals surface area contributed by atoms with Gasteiger partial charge in [0.1, 0.15) is 11.5 Å². The highest BCUT2D eigenvalue weighted by Crippen LogP contribution is 2.62. The van der Waals surface area contributed by atoms with Crippen LogP contribution in [0.1, 0.15) is 63.4 Å². The first kappa shape index (κ1) is 20.2. The second-order valence-corrected chi connectivity index (χ2v) is 10.4. The van der Waals surface area contributed by atoms with Gasteiger partial charge in [-0.1, -0.05) is 40.6 Å². The molecule has 0 heterocycles. The number of rotatable bonds is 4. The van der Waals surface area contributed by atoms with E-state index in [9.17, 15) is 9.59 Å². The SMILES string of the molecule is C[C@]12C[C@H](c3ccc(OCCBr)cc3)C3=C4CCC(=O)C=C4CC[C@H]3[C@@H]1CCC2=O. The summed E-state index contributed by atoms with van der Waals surface area (Å²) in [5.74, 6) is 2.81. The van der Waals surface area contributed by atoms with Crippen LogP contribution < -0.4 is 4.74 Å². The van der Waals surface area contributed by atoms with Gasteiger partial charge in [0.25, 0.3) is 0 Å². The molecule has 30 heavy (non-hydrogen) atoms. The van der Waals surface area contributed by atoms with Gasteiger partial charge < -0.3 is 4.74 Å². The average molecular weight is 469 g/mol. The van der Waals surface area contributed by atoms with Crippen molar-refractivity contribution in [1.82, 2.24) is 0 Å². The Kier molecular flexibility index (Phi) is 5.25. The number of alkyl halides is 1. The van der Waals surface area contributed by atoms with Crippen LogP contribution in [0.3, 0.4) is 0 Å². The Morgan fingerprint density at radius 1 is 1.07 bits per heavy atom. The molecule has 4 aliphatic rings. The van der Waals surface area contributed by atoms with Gasteiger partial charge in [0.2, 0.25) is 0 Å². The van der Waals surface area contributed by atoms with Gasteiger partial charge in [-0.05, 0) is 78.9 Å². The predicted molar refractivity (Wildman–Crippen MR) is 121 cm³/mol. The van der Waals surface area contributed by atoms with Crippen LogP contribution >= 0.6 is 15.9 Å². The minimum Gasteiger partial charge on any atom is -0.493 e. The Balaban J connectivity index is 1.59. The van der Waals surface area contributed by atoms with Crippen LogP contribution in [-0.4, -0.2) is 23.5 Å². The fraction of sp³-hybridized carbons (Fsp3) is 0.538. The van der Waals surface area contributed by atoms with Crippen LogP contribution in [-0.2, 0) is 9.59 Å². The fourth-order valence-corrected chi connectivity index (χ4v) is 6.85. The second-order valence-electron chi connectivity index (χ2n) is 9.56. The van der Waals surface area contributed by atoms with Crippen molar-refractivity contribution in [3.8, 4) is 5.75 Å². The number of halogens is 1. The zero-order valence-electron chi connectivity index (χ0n) is 17.6. The Bertz CT molecular complexity index is 942. The first-order chi connectivity index (χ1) is 14.5. The van der Waals surface area contributed by atoms with Gasteiger partial charge in [-0.15, -0.1) is 0 Å². The molecule has 0 spiro atoms. The van der Waals surface area contributed by atoms with Gasteiger partial charge in [0.05, 0.1) is 6.61 Å². The highest BCUT2D eigenvalue weighted by Gasteiger charge is 2.56. The summed E-state index contributed by atoms with van der Waals surface area (Å²) < 4.78 is 5.75. The Hall–Kier alpha value is -1.68. The van der Waals surface area contributed by atoms with E-state index < -0.39 is 0 Å². The number of carbonyl (C=O) groups excluding carboxylic acids is 2. The summed E-state index contributed by atoms with van der Waals surface area (Å²) >= 11 is 3.40. The van der Waals surface area contributed by atoms with Crippen LogP contribution in [0, 0.1) is 17.3 Å². The Labute approximate surface area is 187 Å². The van der Waals surface area contributed by atoms with E-state index in [1.54, 1.807) is 5.57 Å². The maximum atomic E-state index is 13.0. The third-order valence-corrected chi connectivity index (χ3v) is 8.40. The van der Waals surface area contributed by atoms with Crippen molar-refractivity contribution >= 4 is 27.5 Å². The van der Waals surface area contributed by atoms with E-state index in [1.807, 2.05) is 6.08 Å². The molecule has 0 radical (unpaired) electrons. The number of hydrogen-bond acceptors (Lipinski definition) is 3. The van der Waals surface area contributed by atoms with Gasteiger partial charge in [-0.3, -0.25) is 9.59 Å². The van der Waals surface area contributed by atoms with Gasteiger partial charge in [-0.25, -0.2) is 0 Å². The molecule has 2 saturated carbocycles. The van der Waals surface area contributed by atoms with Crippen molar-refractivity contribution in [3.63, 3.8) is 0 Å². The van der Waals surface area contributed by atoms with E-state index in [-0.39, 0.29) is 17.1 Å². The number of allylic oxidation sites excluding steroid dienone is 4. The molecule has 1 aromatic rings. The lowest BCUT2D eigenvalue weighted by Gasteiger charge is -2.50. The van der Waals surface area contributed by atoms with Crippen molar-refractivity contribution in [2.75, 3.05) is 11.9 Å². The largest absolute Gasteiger partial charge is 0.493 e. The molecule has 3 nitrogen and oxygen atoms in total. The summed E-state index contributed by atoms with van der Waals surface area (Å²) in [5, 5.41) is 0.811. The molecule has 4 heteroatoms. The molecule has 5 rings (SSSR count). The molecule has 0 bridgehead atoms. The zero-order chi connectivity index (χ0) is 20.9. The van der Waals surface area contributed by atoms with E-state index in [1.165, 1.54) is 16.7 Å². The summed E-state index contributed by atoms with van der Waals surface area (Å²) in [7, 11) is 0. The third-order valence-electron chi connectivity index (χ3n) is 8.07. The Morgan fingerprint density at radius 3 is 2.63 bits per heavy atom. The number of ether oxygens (including phenoxy) is 1. The average Bonchev–Trinajstić information content (AvgIpc) is 3.06. The lowest BCUT2D eigenvalue weighted by molar-refractivity contribution is -0.128. The highest BCUT2D eigenvalue weighted by molar-refractivity contribution is 9.09. The molecular weight excluding hydrogens is 440 g/mol. The quantitative estimate of drug-likeness (QED) is 0.514. The third kappa shape index (κ3) is 3.23. The molecule has 0 saturated heterocycles. The smallest absolute Gasteiger partial charge is 0.156 e. The molecule has 1 aromatic carbocycles. The van der Waals surface area contributed by atoms with Crippen LogP contribution in [0.4, 0.5) is 0 Å². The van der Waals surface area contributed by atoms with Crippen LogP contribution in [0.5, 0.6) is 5.75 Å². The standard InChI is InChI=1S/C26H29BrO3/c1-26-15-22(16-2-6-19(7-3-16)30-13-12-27)25-20-9-5-18(28)14-17(20)4-8-21(25)23(26)10-11-24(26)29/h2-3,6-7,14,21-23H,4-5,8-13,15H2,1H3/t21-,22+,23-,26-/m0/s1. The van der Waals surface area contributed by atoms with Crippen LogP contribution in [0.25, 0.3) is 0 Å². The topological polar surface area (TPSA) is 43.4 Å². The summed E-state index contributed by atoms with van der Waals surface area (Å²) in [4.78, 5) is 25.1. The van der Waals surface area contributed by atoms with E-state index in [0.29, 0.717) is 30.6 Å². The second kappa shape index (κ2) is 7.78. The number of benzene rings is 1. The maximum absolute atomic E-state index is 13.0. The monoisotopic (exact) mass is 468 g/mol. The molecule has 0 aromatic heterocycles. The summed E-state index contributed by atoms with van der Waals surface area (Å²) in [6.45, 7) is 2.88. The number of hydrogen-bond donors (Lipinski definition) is 0. The number of ketones is 2. The molecule has 0 unspecified atom stereocenters. The first-order valence-corrected chi connectivity index (χ1v) is 12.4. The summed E-state index contributed by atoms with van der Waals surface area (Å²) in [6.07, 6.45) is 8.13. The number of carbonyl (C=O) groups is 2. The molecule has 2 fully saturated rings. The number of fused-ring (bicyclic) bond motifs is 4. The lowest BCUT2D eigenvalue weighted by atomic mass is 9.53. The van der Waals surface area contributed by atoms with Gasteiger partial charge in [0.15, 0.2) is 5.78 Å². The lowest BCUT2D eigenvalue weighted by Crippen LogP contribution is -2.43.